The molecular formula is C19H21ClFN3O4S. The Morgan fingerprint density at radius 3 is 2.55 bits per heavy atom. The first-order chi connectivity index (χ1) is 13.7. The van der Waals surface area contributed by atoms with Gasteiger partial charge in [-0.15, -0.1) is 0 Å². The third kappa shape index (κ3) is 4.53. The summed E-state index contributed by atoms with van der Waals surface area (Å²) in [5.41, 5.74) is 0.580. The first-order valence-electron chi connectivity index (χ1n) is 8.86. The van der Waals surface area contributed by atoms with Crippen LogP contribution >= 0.6 is 11.6 Å². The smallest absolute Gasteiger partial charge is 0.257 e. The topological polar surface area (TPSA) is 79.0 Å². The lowest BCUT2D eigenvalue weighted by Crippen LogP contribution is -2.37. The number of morpholine rings is 1. The Labute approximate surface area is 174 Å². The van der Waals surface area contributed by atoms with E-state index in [0.717, 1.165) is 4.31 Å². The number of carbonyl (C=O) groups excluding carboxylic acids is 1. The van der Waals surface area contributed by atoms with E-state index in [1.54, 1.807) is 6.07 Å². The fourth-order valence-corrected chi connectivity index (χ4v) is 4.04. The van der Waals surface area contributed by atoms with Gasteiger partial charge in [-0.2, -0.15) is 0 Å². The number of benzene rings is 2. The van der Waals surface area contributed by atoms with E-state index in [-0.39, 0.29) is 21.2 Å². The lowest BCUT2D eigenvalue weighted by Gasteiger charge is -2.30. The minimum atomic E-state index is -3.75. The molecule has 0 aromatic heterocycles. The molecule has 0 atom stereocenters. The van der Waals surface area contributed by atoms with E-state index in [2.05, 4.69) is 5.32 Å². The van der Waals surface area contributed by atoms with Gasteiger partial charge in [0, 0.05) is 32.9 Å². The molecule has 0 saturated carbocycles. The molecule has 1 aliphatic heterocycles. The number of hydrogen-bond acceptors (Lipinski definition) is 5. The molecule has 1 amide bonds. The standard InChI is InChI=1S/C19H21ClFN3O4S/c1-23(2)29(26,27)13-6-7-17(24-8-10-28-11-9-24)14(12-13)19(25)22-16-5-3-4-15(20)18(16)21/h3-7,12H,8-11H2,1-2H3,(H,22,25). The molecule has 0 unspecified atom stereocenters. The first-order valence-corrected chi connectivity index (χ1v) is 10.7. The molecule has 1 N–H and O–H groups in total. The third-order valence-corrected chi connectivity index (χ3v) is 6.65. The molecule has 2 aromatic rings. The number of sulfonamides is 1. The van der Waals surface area contributed by atoms with Crippen LogP contribution < -0.4 is 10.2 Å². The van der Waals surface area contributed by atoms with Crippen molar-refractivity contribution in [1.82, 2.24) is 4.31 Å². The first kappa shape index (κ1) is 21.5. The predicted molar refractivity (Wildman–Crippen MR) is 110 cm³/mol. The van der Waals surface area contributed by atoms with Crippen molar-refractivity contribution < 1.29 is 22.3 Å². The van der Waals surface area contributed by atoms with Crippen LogP contribution in [0.15, 0.2) is 41.3 Å². The number of ether oxygens (including phenoxy) is 1. The molecule has 0 spiro atoms. The van der Waals surface area contributed by atoms with Crippen molar-refractivity contribution in [2.45, 2.75) is 4.90 Å². The molecule has 0 bridgehead atoms. The Bertz CT molecular complexity index is 1020. The summed E-state index contributed by atoms with van der Waals surface area (Å²) in [7, 11) is -0.935. The van der Waals surface area contributed by atoms with Crippen LogP contribution in [0.2, 0.25) is 5.02 Å². The molecule has 0 radical (unpaired) electrons. The lowest BCUT2D eigenvalue weighted by molar-refractivity contribution is 0.102. The normalized spacial score (nSPS) is 14.9. The second kappa shape index (κ2) is 8.66. The average Bonchev–Trinajstić information content (AvgIpc) is 2.71. The molecule has 3 rings (SSSR count). The molecule has 1 heterocycles. The number of carbonyl (C=O) groups is 1. The minimum absolute atomic E-state index is 0.0313. The van der Waals surface area contributed by atoms with Crippen molar-refractivity contribution in [3.05, 3.63) is 52.8 Å². The zero-order valence-corrected chi connectivity index (χ0v) is 17.6. The average molecular weight is 442 g/mol. The highest BCUT2D eigenvalue weighted by atomic mass is 35.5. The molecule has 10 heteroatoms. The Hall–Kier alpha value is -2.20. The Morgan fingerprint density at radius 1 is 1.21 bits per heavy atom. The van der Waals surface area contributed by atoms with Crippen LogP contribution in [0, 0.1) is 5.82 Å². The number of anilines is 2. The summed E-state index contributed by atoms with van der Waals surface area (Å²) in [6.07, 6.45) is 0. The minimum Gasteiger partial charge on any atom is -0.378 e. The summed E-state index contributed by atoms with van der Waals surface area (Å²) in [6.45, 7) is 2.07. The van der Waals surface area contributed by atoms with Crippen LogP contribution in [-0.2, 0) is 14.8 Å². The maximum Gasteiger partial charge on any atom is 0.257 e. The zero-order chi connectivity index (χ0) is 21.2. The molecule has 156 valence electrons. The zero-order valence-electron chi connectivity index (χ0n) is 16.0. The van der Waals surface area contributed by atoms with Gasteiger partial charge >= 0.3 is 0 Å². The highest BCUT2D eigenvalue weighted by Crippen LogP contribution is 2.28. The fraction of sp³-hybridized carbons (Fsp3) is 0.316. The maximum absolute atomic E-state index is 14.2. The van der Waals surface area contributed by atoms with E-state index >= 15 is 0 Å². The molecule has 2 aromatic carbocycles. The highest BCUT2D eigenvalue weighted by Gasteiger charge is 2.25. The molecular weight excluding hydrogens is 421 g/mol. The van der Waals surface area contributed by atoms with Gasteiger partial charge in [-0.1, -0.05) is 17.7 Å². The van der Waals surface area contributed by atoms with Gasteiger partial charge < -0.3 is 15.0 Å². The fourth-order valence-electron chi connectivity index (χ4n) is 2.94. The van der Waals surface area contributed by atoms with E-state index in [1.807, 2.05) is 4.90 Å². The summed E-state index contributed by atoms with van der Waals surface area (Å²) < 4.78 is 45.7. The van der Waals surface area contributed by atoms with Gasteiger partial charge in [0.2, 0.25) is 10.0 Å². The summed E-state index contributed by atoms with van der Waals surface area (Å²) in [5, 5.41) is 2.37. The highest BCUT2D eigenvalue weighted by molar-refractivity contribution is 7.89. The van der Waals surface area contributed by atoms with Crippen LogP contribution in [0.1, 0.15) is 10.4 Å². The van der Waals surface area contributed by atoms with Gasteiger partial charge in [0.15, 0.2) is 5.82 Å². The number of rotatable bonds is 5. The number of hydrogen-bond donors (Lipinski definition) is 1. The number of nitrogens with zero attached hydrogens (tertiary/aromatic N) is 2. The van der Waals surface area contributed by atoms with Crippen LogP contribution in [0.3, 0.4) is 0 Å². The number of amides is 1. The molecule has 29 heavy (non-hydrogen) atoms. The van der Waals surface area contributed by atoms with Crippen molar-refractivity contribution in [2.24, 2.45) is 0 Å². The van der Waals surface area contributed by atoms with Crippen molar-refractivity contribution >= 4 is 38.9 Å². The van der Waals surface area contributed by atoms with Crippen LogP contribution in [0.4, 0.5) is 15.8 Å². The van der Waals surface area contributed by atoms with Crippen LogP contribution in [0.5, 0.6) is 0 Å². The van der Waals surface area contributed by atoms with Gasteiger partial charge in [-0.25, -0.2) is 17.1 Å². The SMILES string of the molecule is CN(C)S(=O)(=O)c1ccc(N2CCOCC2)c(C(=O)Nc2cccc(Cl)c2F)c1. The molecule has 1 aliphatic rings. The quantitative estimate of drug-likeness (QED) is 0.771. The van der Waals surface area contributed by atoms with E-state index < -0.39 is 21.7 Å². The summed E-state index contributed by atoms with van der Waals surface area (Å²) in [6, 6.07) is 8.61. The maximum atomic E-state index is 14.2. The van der Waals surface area contributed by atoms with Crippen LogP contribution in [0.25, 0.3) is 0 Å². The summed E-state index contributed by atoms with van der Waals surface area (Å²) >= 11 is 5.78. The van der Waals surface area contributed by atoms with Crippen molar-refractivity contribution in [1.29, 1.82) is 0 Å². The molecule has 1 fully saturated rings. The third-order valence-electron chi connectivity index (χ3n) is 4.54. The largest absolute Gasteiger partial charge is 0.378 e. The Balaban J connectivity index is 2.04. The van der Waals surface area contributed by atoms with Gasteiger partial charge in [0.25, 0.3) is 5.91 Å². The van der Waals surface area contributed by atoms with Crippen molar-refractivity contribution in [3.63, 3.8) is 0 Å². The van der Waals surface area contributed by atoms with Crippen molar-refractivity contribution in [2.75, 3.05) is 50.6 Å². The van der Waals surface area contributed by atoms with E-state index in [9.17, 15) is 17.6 Å². The molecule has 1 saturated heterocycles. The van der Waals surface area contributed by atoms with Gasteiger partial charge in [0.1, 0.15) is 0 Å². The second-order valence-corrected chi connectivity index (χ2v) is 9.18. The number of halogens is 2. The van der Waals surface area contributed by atoms with E-state index in [4.69, 9.17) is 16.3 Å². The van der Waals surface area contributed by atoms with E-state index in [0.29, 0.717) is 32.0 Å². The monoisotopic (exact) mass is 441 g/mol. The summed E-state index contributed by atoms with van der Waals surface area (Å²) in [5.74, 6) is -1.39. The number of nitrogens with one attached hydrogen (secondary N) is 1. The molecule has 7 nitrogen and oxygen atoms in total. The van der Waals surface area contributed by atoms with Crippen LogP contribution in [-0.4, -0.2) is 59.0 Å². The van der Waals surface area contributed by atoms with Gasteiger partial charge in [-0.3, -0.25) is 4.79 Å². The van der Waals surface area contributed by atoms with Crippen molar-refractivity contribution in [3.8, 4) is 0 Å². The predicted octanol–water partition coefficient (Wildman–Crippen LogP) is 2.82. The lowest BCUT2D eigenvalue weighted by atomic mass is 10.1. The Kier molecular flexibility index (Phi) is 6.42. The van der Waals surface area contributed by atoms with Gasteiger partial charge in [0.05, 0.1) is 34.4 Å². The Morgan fingerprint density at radius 2 is 1.90 bits per heavy atom. The van der Waals surface area contributed by atoms with E-state index in [1.165, 1.54) is 44.4 Å². The summed E-state index contributed by atoms with van der Waals surface area (Å²) in [4.78, 5) is 14.9. The van der Waals surface area contributed by atoms with Gasteiger partial charge in [-0.05, 0) is 30.3 Å². The second-order valence-electron chi connectivity index (χ2n) is 6.62. The molecule has 0 aliphatic carbocycles.